The van der Waals surface area contributed by atoms with Crippen molar-refractivity contribution in [1.29, 1.82) is 0 Å². The van der Waals surface area contributed by atoms with Crippen LogP contribution in [0.15, 0.2) is 4.99 Å². The zero-order valence-electron chi connectivity index (χ0n) is 9.78. The molecule has 0 saturated heterocycles. The number of aliphatic imine (C=N–C) groups is 1. The summed E-state index contributed by atoms with van der Waals surface area (Å²) in [6, 6.07) is 0. The molecule has 0 atom stereocenters. The number of hydrogen-bond acceptors (Lipinski definition) is 3. The molecule has 0 rings (SSSR count). The Kier molecular flexibility index (Phi) is 4.90. The Balaban J connectivity index is 3.95. The van der Waals surface area contributed by atoms with Crippen LogP contribution in [0, 0.1) is 0 Å². The molecule has 0 fully saturated rings. The molecule has 0 aliphatic rings. The Morgan fingerprint density at radius 1 is 1.40 bits per heavy atom. The number of nitrogens with zero attached hydrogens (tertiary/aromatic N) is 2. The van der Waals surface area contributed by atoms with Gasteiger partial charge < -0.3 is 21.1 Å². The second kappa shape index (κ2) is 5.43. The van der Waals surface area contributed by atoms with E-state index in [4.69, 9.17) is 16.2 Å². The van der Waals surface area contributed by atoms with Crippen molar-refractivity contribution < 1.29 is 9.53 Å². The van der Waals surface area contributed by atoms with Crippen LogP contribution in [0.5, 0.6) is 0 Å². The standard InChI is InChI=1S/C9H20N4O2/c1-9(2,3)15-8(14)13(4)6-5-12-7(10)11/h5-6H2,1-4H3,(H4,10,11,12). The smallest absolute Gasteiger partial charge is 0.410 e. The molecule has 88 valence electrons. The van der Waals surface area contributed by atoms with Crippen molar-refractivity contribution in [3.63, 3.8) is 0 Å². The second-order valence-electron chi connectivity index (χ2n) is 4.21. The molecule has 0 aromatic carbocycles. The van der Waals surface area contributed by atoms with E-state index in [0.29, 0.717) is 13.1 Å². The van der Waals surface area contributed by atoms with Crippen LogP contribution in [-0.2, 0) is 4.74 Å². The number of rotatable bonds is 3. The quantitative estimate of drug-likeness (QED) is 0.518. The van der Waals surface area contributed by atoms with E-state index in [-0.39, 0.29) is 12.1 Å². The summed E-state index contributed by atoms with van der Waals surface area (Å²) in [6.07, 6.45) is -0.381. The summed E-state index contributed by atoms with van der Waals surface area (Å²) in [4.78, 5) is 16.6. The first kappa shape index (κ1) is 13.5. The highest BCUT2D eigenvalue weighted by molar-refractivity contribution is 5.75. The summed E-state index contributed by atoms with van der Waals surface area (Å²) >= 11 is 0. The van der Waals surface area contributed by atoms with E-state index in [0.717, 1.165) is 0 Å². The van der Waals surface area contributed by atoms with Gasteiger partial charge in [0, 0.05) is 13.6 Å². The minimum absolute atomic E-state index is 0.0209. The zero-order chi connectivity index (χ0) is 12.1. The Morgan fingerprint density at radius 3 is 2.33 bits per heavy atom. The van der Waals surface area contributed by atoms with Gasteiger partial charge in [0.05, 0.1) is 6.54 Å². The first-order valence-corrected chi connectivity index (χ1v) is 4.72. The molecule has 6 heteroatoms. The van der Waals surface area contributed by atoms with Gasteiger partial charge in [-0.05, 0) is 20.8 Å². The lowest BCUT2D eigenvalue weighted by Gasteiger charge is -2.24. The van der Waals surface area contributed by atoms with Gasteiger partial charge in [0.25, 0.3) is 0 Å². The molecular formula is C9H20N4O2. The normalized spacial score (nSPS) is 10.7. The maximum Gasteiger partial charge on any atom is 0.410 e. The van der Waals surface area contributed by atoms with Gasteiger partial charge in [-0.1, -0.05) is 0 Å². The fraction of sp³-hybridized carbons (Fsp3) is 0.778. The van der Waals surface area contributed by atoms with E-state index in [9.17, 15) is 4.79 Å². The number of amides is 1. The molecule has 0 aliphatic carbocycles. The highest BCUT2D eigenvalue weighted by Gasteiger charge is 2.18. The molecule has 0 radical (unpaired) electrons. The fourth-order valence-electron chi connectivity index (χ4n) is 0.760. The van der Waals surface area contributed by atoms with Gasteiger partial charge >= 0.3 is 6.09 Å². The largest absolute Gasteiger partial charge is 0.444 e. The van der Waals surface area contributed by atoms with Crippen molar-refractivity contribution in [3.05, 3.63) is 0 Å². The van der Waals surface area contributed by atoms with E-state index < -0.39 is 5.60 Å². The summed E-state index contributed by atoms with van der Waals surface area (Å²) in [5, 5.41) is 0. The Morgan fingerprint density at radius 2 is 1.93 bits per heavy atom. The first-order valence-electron chi connectivity index (χ1n) is 4.72. The molecule has 0 aromatic heterocycles. The topological polar surface area (TPSA) is 93.9 Å². The van der Waals surface area contributed by atoms with Gasteiger partial charge in [0.2, 0.25) is 0 Å². The van der Waals surface area contributed by atoms with Crippen LogP contribution < -0.4 is 11.5 Å². The summed E-state index contributed by atoms with van der Waals surface area (Å²) in [7, 11) is 1.64. The molecule has 0 aliphatic heterocycles. The molecule has 0 spiro atoms. The molecule has 0 aromatic rings. The third-order valence-corrected chi connectivity index (χ3v) is 1.43. The molecule has 0 bridgehead atoms. The predicted octanol–water partition coefficient (Wildman–Crippen LogP) is 0.127. The highest BCUT2D eigenvalue weighted by atomic mass is 16.6. The average molecular weight is 216 g/mol. The van der Waals surface area contributed by atoms with Crippen LogP contribution in [0.1, 0.15) is 20.8 Å². The van der Waals surface area contributed by atoms with Crippen molar-refractivity contribution in [1.82, 2.24) is 4.90 Å². The fourth-order valence-corrected chi connectivity index (χ4v) is 0.760. The average Bonchev–Trinajstić information content (AvgIpc) is 1.99. The molecule has 1 amide bonds. The number of guanidine groups is 1. The lowest BCUT2D eigenvalue weighted by Crippen LogP contribution is -2.36. The monoisotopic (exact) mass is 216 g/mol. The summed E-state index contributed by atoms with van der Waals surface area (Å²) < 4.78 is 5.13. The number of likely N-dealkylation sites (N-methyl/N-ethyl adjacent to an activating group) is 1. The summed E-state index contributed by atoms with van der Waals surface area (Å²) in [6.45, 7) is 6.24. The Labute approximate surface area is 90.3 Å². The lowest BCUT2D eigenvalue weighted by molar-refractivity contribution is 0.0304. The van der Waals surface area contributed by atoms with Crippen LogP contribution in [0.2, 0.25) is 0 Å². The molecular weight excluding hydrogens is 196 g/mol. The first-order chi connectivity index (χ1) is 6.72. The minimum atomic E-state index is -0.485. The van der Waals surface area contributed by atoms with Gasteiger partial charge in [-0.3, -0.25) is 4.99 Å². The molecule has 0 unspecified atom stereocenters. The van der Waals surface area contributed by atoms with Crippen LogP contribution in [0.4, 0.5) is 4.79 Å². The second-order valence-corrected chi connectivity index (χ2v) is 4.21. The third-order valence-electron chi connectivity index (χ3n) is 1.43. The van der Waals surface area contributed by atoms with Crippen LogP contribution in [0.25, 0.3) is 0 Å². The van der Waals surface area contributed by atoms with E-state index in [1.54, 1.807) is 7.05 Å². The molecule has 0 saturated carbocycles. The Bertz CT molecular complexity index is 241. The van der Waals surface area contributed by atoms with E-state index >= 15 is 0 Å². The van der Waals surface area contributed by atoms with Gasteiger partial charge in [0.1, 0.15) is 5.60 Å². The summed E-state index contributed by atoms with van der Waals surface area (Å²) in [5.74, 6) is 0.0209. The highest BCUT2D eigenvalue weighted by Crippen LogP contribution is 2.08. The van der Waals surface area contributed by atoms with Gasteiger partial charge in [-0.25, -0.2) is 4.79 Å². The SMILES string of the molecule is CN(CCN=C(N)N)C(=O)OC(C)(C)C. The third kappa shape index (κ3) is 7.60. The van der Waals surface area contributed by atoms with Crippen molar-refractivity contribution in [3.8, 4) is 0 Å². The number of nitrogens with two attached hydrogens (primary N) is 2. The minimum Gasteiger partial charge on any atom is -0.444 e. The van der Waals surface area contributed by atoms with Crippen molar-refractivity contribution in [2.75, 3.05) is 20.1 Å². The van der Waals surface area contributed by atoms with Crippen molar-refractivity contribution in [2.45, 2.75) is 26.4 Å². The molecule has 0 heterocycles. The molecule has 4 N–H and O–H groups in total. The van der Waals surface area contributed by atoms with Crippen LogP contribution >= 0.6 is 0 Å². The number of carbonyl (C=O) groups is 1. The maximum absolute atomic E-state index is 11.4. The van der Waals surface area contributed by atoms with Crippen LogP contribution in [-0.4, -0.2) is 42.7 Å². The predicted molar refractivity (Wildman–Crippen MR) is 59.5 cm³/mol. The van der Waals surface area contributed by atoms with E-state index in [1.807, 2.05) is 20.8 Å². The number of hydrogen-bond donors (Lipinski definition) is 2. The molecule has 6 nitrogen and oxygen atoms in total. The van der Waals surface area contributed by atoms with Crippen LogP contribution in [0.3, 0.4) is 0 Å². The van der Waals surface area contributed by atoms with E-state index in [1.165, 1.54) is 4.90 Å². The maximum atomic E-state index is 11.4. The number of carbonyl (C=O) groups excluding carboxylic acids is 1. The van der Waals surface area contributed by atoms with Crippen molar-refractivity contribution >= 4 is 12.1 Å². The number of ether oxygens (including phenoxy) is 1. The lowest BCUT2D eigenvalue weighted by atomic mass is 10.2. The van der Waals surface area contributed by atoms with Gasteiger partial charge in [0.15, 0.2) is 5.96 Å². The summed E-state index contributed by atoms with van der Waals surface area (Å²) in [5.41, 5.74) is 9.81. The van der Waals surface area contributed by atoms with Crippen molar-refractivity contribution in [2.24, 2.45) is 16.5 Å². The Hall–Kier alpha value is -1.46. The zero-order valence-corrected chi connectivity index (χ0v) is 9.78. The van der Waals surface area contributed by atoms with Gasteiger partial charge in [-0.15, -0.1) is 0 Å². The van der Waals surface area contributed by atoms with Gasteiger partial charge in [-0.2, -0.15) is 0 Å². The van der Waals surface area contributed by atoms with E-state index in [2.05, 4.69) is 4.99 Å². The molecule has 15 heavy (non-hydrogen) atoms.